The third kappa shape index (κ3) is 9.79. The zero-order valence-electron chi connectivity index (χ0n) is 23.6. The molecule has 1 N–H and O–H groups in total. The molecular formula is C26H30N4O12. The summed E-state index contributed by atoms with van der Waals surface area (Å²) in [6.45, 7) is 5.58. The van der Waals surface area contributed by atoms with Crippen molar-refractivity contribution < 1.29 is 52.5 Å². The van der Waals surface area contributed by atoms with Crippen molar-refractivity contribution in [2.75, 3.05) is 11.6 Å². The number of para-hydroxylation sites is 1. The third-order valence-corrected chi connectivity index (χ3v) is 5.12. The second-order valence-electron chi connectivity index (χ2n) is 8.67. The van der Waals surface area contributed by atoms with E-state index in [0.29, 0.717) is 5.01 Å². The zero-order chi connectivity index (χ0) is 31.6. The van der Waals surface area contributed by atoms with Gasteiger partial charge in [0.1, 0.15) is 6.61 Å². The summed E-state index contributed by atoms with van der Waals surface area (Å²) in [7, 11) is 0. The number of hydrazone groups is 1. The average molecular weight is 591 g/mol. The van der Waals surface area contributed by atoms with Gasteiger partial charge in [-0.2, -0.15) is 10.1 Å². The Morgan fingerprint density at radius 3 is 1.95 bits per heavy atom. The highest BCUT2D eigenvalue weighted by Gasteiger charge is 2.43. The average Bonchev–Trinajstić information content (AvgIpc) is 2.87. The summed E-state index contributed by atoms with van der Waals surface area (Å²) in [4.78, 5) is 91.3. The van der Waals surface area contributed by atoms with Crippen LogP contribution in [0.4, 0.5) is 5.95 Å². The van der Waals surface area contributed by atoms with E-state index < -0.39 is 72.3 Å². The van der Waals surface area contributed by atoms with Crippen molar-refractivity contribution in [3.63, 3.8) is 0 Å². The zero-order valence-corrected chi connectivity index (χ0v) is 23.6. The van der Waals surface area contributed by atoms with E-state index in [2.05, 4.69) is 15.1 Å². The van der Waals surface area contributed by atoms with Crippen LogP contribution in [-0.2, 0) is 52.5 Å². The molecule has 0 spiro atoms. The van der Waals surface area contributed by atoms with Crippen molar-refractivity contribution in [3.8, 4) is 0 Å². The fourth-order valence-corrected chi connectivity index (χ4v) is 3.63. The standard InChI is InChI=1S/C26H30N4O12/c1-13(31)30(26-28-20-10-8-7-9-19(20)25(37)29-26)27-11-21(39-15(3)33)23(41-17(5)35)24(42-18(6)36)22(40-16(4)34)12-38-14(2)32/h7-11,21-24H,12H2,1-6H3,(H,28,29,37)/b27-11+/t21-,22+,23+,24+/m0/s1. The first-order valence-corrected chi connectivity index (χ1v) is 12.4. The number of amides is 1. The van der Waals surface area contributed by atoms with E-state index in [1.54, 1.807) is 12.1 Å². The van der Waals surface area contributed by atoms with E-state index in [1.165, 1.54) is 12.1 Å². The molecular weight excluding hydrogens is 560 g/mol. The number of nitrogens with one attached hydrogen (secondary N) is 1. The van der Waals surface area contributed by atoms with Crippen LogP contribution in [0.5, 0.6) is 0 Å². The van der Waals surface area contributed by atoms with Crippen LogP contribution in [0.1, 0.15) is 41.5 Å². The van der Waals surface area contributed by atoms with Crippen LogP contribution in [0.2, 0.25) is 0 Å². The van der Waals surface area contributed by atoms with Crippen molar-refractivity contribution in [2.45, 2.75) is 66.0 Å². The Balaban J connectivity index is 2.65. The Kier molecular flexibility index (Phi) is 11.8. The van der Waals surface area contributed by atoms with E-state index in [9.17, 15) is 33.6 Å². The highest BCUT2D eigenvalue weighted by atomic mass is 16.6. The normalized spacial score (nSPS) is 13.8. The number of hydrogen-bond acceptors (Lipinski definition) is 14. The number of benzene rings is 1. The highest BCUT2D eigenvalue weighted by molar-refractivity contribution is 5.91. The first-order valence-electron chi connectivity index (χ1n) is 12.4. The van der Waals surface area contributed by atoms with Crippen molar-refractivity contribution in [3.05, 3.63) is 34.6 Å². The van der Waals surface area contributed by atoms with Gasteiger partial charge in [-0.1, -0.05) is 12.1 Å². The van der Waals surface area contributed by atoms with Crippen molar-refractivity contribution in [1.29, 1.82) is 0 Å². The maximum atomic E-state index is 12.6. The number of fused-ring (bicyclic) bond motifs is 1. The lowest BCUT2D eigenvalue weighted by Gasteiger charge is -2.34. The molecule has 1 heterocycles. The number of nitrogens with zero attached hydrogens (tertiary/aromatic N) is 3. The molecule has 4 atom stereocenters. The van der Waals surface area contributed by atoms with Crippen LogP contribution in [0.25, 0.3) is 10.9 Å². The van der Waals surface area contributed by atoms with Gasteiger partial charge in [-0.15, -0.1) is 0 Å². The molecule has 0 fully saturated rings. The van der Waals surface area contributed by atoms with Gasteiger partial charge in [-0.3, -0.25) is 38.5 Å². The summed E-state index contributed by atoms with van der Waals surface area (Å²) in [6.07, 6.45) is -5.85. The Morgan fingerprint density at radius 1 is 0.833 bits per heavy atom. The largest absolute Gasteiger partial charge is 0.462 e. The predicted octanol–water partition coefficient (Wildman–Crippen LogP) is 0.552. The molecule has 1 aromatic carbocycles. The number of esters is 5. The SMILES string of the molecule is CC(=O)OC[C@@H](OC(C)=O)[C@@H](OC(C)=O)[C@H](OC(C)=O)[C@H](/C=N/N(C(C)=O)c1nc2ccccc2c(=O)[nH]1)OC(C)=O. The molecule has 0 bridgehead atoms. The van der Waals surface area contributed by atoms with Gasteiger partial charge >= 0.3 is 29.8 Å². The number of hydrogen-bond donors (Lipinski definition) is 1. The molecule has 1 aromatic heterocycles. The fraction of sp³-hybridized carbons (Fsp3) is 0.423. The van der Waals surface area contributed by atoms with E-state index in [0.717, 1.165) is 47.8 Å². The minimum absolute atomic E-state index is 0.245. The molecule has 42 heavy (non-hydrogen) atoms. The summed E-state index contributed by atoms with van der Waals surface area (Å²) in [6, 6.07) is 6.32. The number of aromatic nitrogens is 2. The van der Waals surface area contributed by atoms with Crippen LogP contribution in [-0.4, -0.2) is 83.0 Å². The lowest BCUT2D eigenvalue weighted by atomic mass is 10.0. The molecule has 0 unspecified atom stereocenters. The Bertz CT molecular complexity index is 1440. The summed E-state index contributed by atoms with van der Waals surface area (Å²) in [5.41, 5.74) is -0.326. The Hall–Kier alpha value is -5.15. The number of H-pyrrole nitrogens is 1. The highest BCUT2D eigenvalue weighted by Crippen LogP contribution is 2.20. The molecule has 0 aliphatic rings. The molecule has 2 aromatic rings. The first kappa shape index (κ1) is 33.1. The third-order valence-electron chi connectivity index (χ3n) is 5.12. The van der Waals surface area contributed by atoms with Crippen molar-refractivity contribution in [2.24, 2.45) is 5.10 Å². The summed E-state index contributed by atoms with van der Waals surface area (Å²) in [5, 5.41) is 4.93. The van der Waals surface area contributed by atoms with E-state index in [4.69, 9.17) is 23.7 Å². The number of anilines is 1. The maximum absolute atomic E-state index is 12.6. The van der Waals surface area contributed by atoms with Gasteiger partial charge in [-0.25, -0.2) is 4.98 Å². The lowest BCUT2D eigenvalue weighted by molar-refractivity contribution is -0.197. The van der Waals surface area contributed by atoms with E-state index >= 15 is 0 Å². The monoisotopic (exact) mass is 590 g/mol. The molecule has 16 heteroatoms. The van der Waals surface area contributed by atoms with Gasteiger partial charge in [0, 0.05) is 41.5 Å². The molecule has 1 amide bonds. The van der Waals surface area contributed by atoms with Gasteiger partial charge in [-0.05, 0) is 12.1 Å². The van der Waals surface area contributed by atoms with Gasteiger partial charge in [0.15, 0.2) is 24.4 Å². The second kappa shape index (κ2) is 15.0. The first-order chi connectivity index (χ1) is 19.7. The number of ether oxygens (including phenoxy) is 5. The number of rotatable bonds is 12. The fourth-order valence-electron chi connectivity index (χ4n) is 3.63. The molecule has 0 saturated carbocycles. The predicted molar refractivity (Wildman–Crippen MR) is 143 cm³/mol. The van der Waals surface area contributed by atoms with Gasteiger partial charge in [0.05, 0.1) is 17.1 Å². The lowest BCUT2D eigenvalue weighted by Crippen LogP contribution is -2.53. The van der Waals surface area contributed by atoms with Crippen LogP contribution in [0.15, 0.2) is 34.2 Å². The molecule has 226 valence electrons. The maximum Gasteiger partial charge on any atom is 0.303 e. The Morgan fingerprint density at radius 2 is 1.40 bits per heavy atom. The molecule has 0 aliphatic carbocycles. The van der Waals surface area contributed by atoms with Crippen molar-refractivity contribution in [1.82, 2.24) is 9.97 Å². The minimum Gasteiger partial charge on any atom is -0.462 e. The summed E-state index contributed by atoms with van der Waals surface area (Å²) in [5.74, 6) is -5.47. The van der Waals surface area contributed by atoms with Gasteiger partial charge in [0.2, 0.25) is 11.9 Å². The molecule has 16 nitrogen and oxygen atoms in total. The van der Waals surface area contributed by atoms with Crippen LogP contribution in [0, 0.1) is 0 Å². The van der Waals surface area contributed by atoms with Crippen LogP contribution in [0.3, 0.4) is 0 Å². The van der Waals surface area contributed by atoms with Crippen LogP contribution < -0.4 is 10.6 Å². The quantitative estimate of drug-likeness (QED) is 0.155. The summed E-state index contributed by atoms with van der Waals surface area (Å²) < 4.78 is 26.0. The molecule has 0 radical (unpaired) electrons. The molecule has 0 aliphatic heterocycles. The van der Waals surface area contributed by atoms with Crippen LogP contribution >= 0.6 is 0 Å². The smallest absolute Gasteiger partial charge is 0.303 e. The topological polar surface area (TPSA) is 210 Å². The number of carbonyl (C=O) groups is 6. The summed E-state index contributed by atoms with van der Waals surface area (Å²) >= 11 is 0. The van der Waals surface area contributed by atoms with E-state index in [1.807, 2.05) is 0 Å². The Labute approximate surface area is 238 Å². The van der Waals surface area contributed by atoms with Gasteiger partial charge in [0.25, 0.3) is 5.56 Å². The number of aromatic amines is 1. The minimum atomic E-state index is -1.75. The van der Waals surface area contributed by atoms with Gasteiger partial charge < -0.3 is 23.7 Å². The number of carbonyl (C=O) groups excluding carboxylic acids is 6. The second-order valence-corrected chi connectivity index (χ2v) is 8.67. The molecule has 0 saturated heterocycles. The van der Waals surface area contributed by atoms with E-state index in [-0.39, 0.29) is 16.9 Å². The van der Waals surface area contributed by atoms with Crippen molar-refractivity contribution >= 4 is 58.8 Å². The molecule has 2 rings (SSSR count).